The highest BCUT2D eigenvalue weighted by Crippen LogP contribution is 2.13. The van der Waals surface area contributed by atoms with Crippen molar-refractivity contribution in [2.24, 2.45) is 0 Å². The van der Waals surface area contributed by atoms with E-state index >= 15 is 0 Å². The highest BCUT2D eigenvalue weighted by Gasteiger charge is 2.10. The van der Waals surface area contributed by atoms with Crippen molar-refractivity contribution in [1.29, 1.82) is 5.26 Å². The molecule has 0 unspecified atom stereocenters. The summed E-state index contributed by atoms with van der Waals surface area (Å²) >= 11 is 2.22. The summed E-state index contributed by atoms with van der Waals surface area (Å²) in [6.07, 6.45) is 0. The number of nitrogens with zero attached hydrogens (tertiary/aromatic N) is 2. The lowest BCUT2D eigenvalue weighted by Crippen LogP contribution is -2.30. The maximum absolute atomic E-state index is 12.1. The van der Waals surface area contributed by atoms with Gasteiger partial charge in [0.25, 0.3) is 5.91 Å². The molecule has 1 amide bonds. The topological polar surface area (TPSA) is 53.3 Å². The molecular formula is C17H15IN2O2. The van der Waals surface area contributed by atoms with Crippen LogP contribution in [0, 0.1) is 14.9 Å². The second-order valence-electron chi connectivity index (χ2n) is 4.80. The van der Waals surface area contributed by atoms with Crippen LogP contribution < -0.4 is 4.74 Å². The van der Waals surface area contributed by atoms with Crippen LogP contribution in [-0.4, -0.2) is 24.5 Å². The molecule has 2 aromatic carbocycles. The molecule has 4 nitrogen and oxygen atoms in total. The SMILES string of the molecule is CN(Cc1ccc(C#N)cc1)C(=O)COc1ccc(I)cc1. The number of ether oxygens (including phenoxy) is 1. The van der Waals surface area contributed by atoms with Crippen molar-refractivity contribution in [1.82, 2.24) is 4.90 Å². The monoisotopic (exact) mass is 406 g/mol. The lowest BCUT2D eigenvalue weighted by Gasteiger charge is -2.17. The fourth-order valence-corrected chi connectivity index (χ4v) is 2.19. The summed E-state index contributed by atoms with van der Waals surface area (Å²) in [7, 11) is 1.73. The van der Waals surface area contributed by atoms with Crippen molar-refractivity contribution in [3.05, 3.63) is 63.2 Å². The molecule has 112 valence electrons. The molecule has 2 rings (SSSR count). The van der Waals surface area contributed by atoms with Crippen molar-refractivity contribution in [3.8, 4) is 11.8 Å². The normalized spacial score (nSPS) is 9.86. The number of carbonyl (C=O) groups is 1. The van der Waals surface area contributed by atoms with Gasteiger partial charge in [-0.3, -0.25) is 4.79 Å². The van der Waals surface area contributed by atoms with Crippen LogP contribution in [0.2, 0.25) is 0 Å². The first kappa shape index (κ1) is 16.3. The molecule has 0 N–H and O–H groups in total. The molecule has 0 fully saturated rings. The minimum absolute atomic E-state index is 0.00731. The second kappa shape index (κ2) is 7.80. The first-order valence-corrected chi connectivity index (χ1v) is 7.78. The first-order valence-electron chi connectivity index (χ1n) is 6.70. The van der Waals surface area contributed by atoms with E-state index < -0.39 is 0 Å². The number of hydrogen-bond acceptors (Lipinski definition) is 3. The van der Waals surface area contributed by atoms with E-state index in [1.165, 1.54) is 0 Å². The Balaban J connectivity index is 1.86. The Morgan fingerprint density at radius 3 is 2.41 bits per heavy atom. The van der Waals surface area contributed by atoms with E-state index in [1.807, 2.05) is 36.4 Å². The average molecular weight is 406 g/mol. The van der Waals surface area contributed by atoms with E-state index in [2.05, 4.69) is 28.7 Å². The maximum atomic E-state index is 12.1. The molecule has 0 spiro atoms. The maximum Gasteiger partial charge on any atom is 0.260 e. The highest BCUT2D eigenvalue weighted by molar-refractivity contribution is 14.1. The van der Waals surface area contributed by atoms with Gasteiger partial charge in [-0.1, -0.05) is 12.1 Å². The van der Waals surface area contributed by atoms with Gasteiger partial charge in [0.1, 0.15) is 5.75 Å². The van der Waals surface area contributed by atoms with Gasteiger partial charge in [-0.2, -0.15) is 5.26 Å². The van der Waals surface area contributed by atoms with Crippen molar-refractivity contribution < 1.29 is 9.53 Å². The molecule has 0 aliphatic carbocycles. The smallest absolute Gasteiger partial charge is 0.260 e. The lowest BCUT2D eigenvalue weighted by molar-refractivity contribution is -0.132. The highest BCUT2D eigenvalue weighted by atomic mass is 127. The van der Waals surface area contributed by atoms with Crippen LogP contribution in [0.15, 0.2) is 48.5 Å². The number of carbonyl (C=O) groups excluding carboxylic acids is 1. The van der Waals surface area contributed by atoms with Crippen LogP contribution in [-0.2, 0) is 11.3 Å². The van der Waals surface area contributed by atoms with Gasteiger partial charge in [-0.05, 0) is 64.6 Å². The zero-order valence-electron chi connectivity index (χ0n) is 12.1. The predicted octanol–water partition coefficient (Wildman–Crippen LogP) is 3.20. The molecule has 0 aliphatic rings. The number of nitriles is 1. The third kappa shape index (κ3) is 4.74. The number of rotatable bonds is 5. The predicted molar refractivity (Wildman–Crippen MR) is 92.3 cm³/mol. The molecular weight excluding hydrogens is 391 g/mol. The second-order valence-corrected chi connectivity index (χ2v) is 6.05. The van der Waals surface area contributed by atoms with Gasteiger partial charge in [0.05, 0.1) is 11.6 Å². The third-order valence-electron chi connectivity index (χ3n) is 3.10. The summed E-state index contributed by atoms with van der Waals surface area (Å²) < 4.78 is 6.60. The van der Waals surface area contributed by atoms with E-state index in [0.29, 0.717) is 17.9 Å². The van der Waals surface area contributed by atoms with Crippen molar-refractivity contribution in [2.75, 3.05) is 13.7 Å². The third-order valence-corrected chi connectivity index (χ3v) is 3.82. The van der Waals surface area contributed by atoms with E-state index in [9.17, 15) is 4.79 Å². The van der Waals surface area contributed by atoms with Crippen LogP contribution in [0.25, 0.3) is 0 Å². The summed E-state index contributed by atoms with van der Waals surface area (Å²) in [5, 5.41) is 8.76. The number of halogens is 1. The van der Waals surface area contributed by atoms with Crippen LogP contribution in [0.4, 0.5) is 0 Å². The largest absolute Gasteiger partial charge is 0.484 e. The van der Waals surface area contributed by atoms with E-state index in [-0.39, 0.29) is 12.5 Å². The molecule has 0 radical (unpaired) electrons. The van der Waals surface area contributed by atoms with Gasteiger partial charge in [0.15, 0.2) is 6.61 Å². The molecule has 0 saturated carbocycles. The van der Waals surface area contributed by atoms with Gasteiger partial charge in [-0.25, -0.2) is 0 Å². The number of benzene rings is 2. The number of hydrogen-bond donors (Lipinski definition) is 0. The molecule has 0 aliphatic heterocycles. The standard InChI is InChI=1S/C17H15IN2O2/c1-20(11-14-4-2-13(10-19)3-5-14)17(21)12-22-16-8-6-15(18)7-9-16/h2-9H,11-12H2,1H3. The van der Waals surface area contributed by atoms with Gasteiger partial charge in [0.2, 0.25) is 0 Å². The summed E-state index contributed by atoms with van der Waals surface area (Å²) in [6.45, 7) is 0.494. The Bertz CT molecular complexity index is 675. The molecule has 0 heterocycles. The van der Waals surface area contributed by atoms with Crippen LogP contribution in [0.1, 0.15) is 11.1 Å². The van der Waals surface area contributed by atoms with Gasteiger partial charge < -0.3 is 9.64 Å². The Kier molecular flexibility index (Phi) is 5.78. The quantitative estimate of drug-likeness (QED) is 0.717. The number of likely N-dealkylation sites (N-methyl/N-ethyl adjacent to an activating group) is 1. The molecule has 0 atom stereocenters. The fourth-order valence-electron chi connectivity index (χ4n) is 1.83. The average Bonchev–Trinajstić information content (AvgIpc) is 2.54. The van der Waals surface area contributed by atoms with Crippen LogP contribution in [0.5, 0.6) is 5.75 Å². The Labute approximate surface area is 143 Å². The van der Waals surface area contributed by atoms with Crippen molar-refractivity contribution in [3.63, 3.8) is 0 Å². The summed E-state index contributed by atoms with van der Waals surface area (Å²) in [4.78, 5) is 13.7. The van der Waals surface area contributed by atoms with E-state index in [4.69, 9.17) is 10.00 Å². The van der Waals surface area contributed by atoms with Crippen LogP contribution >= 0.6 is 22.6 Å². The summed E-state index contributed by atoms with van der Waals surface area (Å²) in [6, 6.07) is 16.8. The molecule has 2 aromatic rings. The fraction of sp³-hybridized carbons (Fsp3) is 0.176. The molecule has 0 aromatic heterocycles. The van der Waals surface area contributed by atoms with Gasteiger partial charge >= 0.3 is 0 Å². The molecule has 5 heteroatoms. The molecule has 22 heavy (non-hydrogen) atoms. The Morgan fingerprint density at radius 2 is 1.82 bits per heavy atom. The molecule has 0 bridgehead atoms. The zero-order chi connectivity index (χ0) is 15.9. The first-order chi connectivity index (χ1) is 10.6. The lowest BCUT2D eigenvalue weighted by atomic mass is 10.1. The van der Waals surface area contributed by atoms with E-state index in [1.54, 1.807) is 24.1 Å². The van der Waals surface area contributed by atoms with Crippen LogP contribution in [0.3, 0.4) is 0 Å². The minimum atomic E-state index is -0.0945. The van der Waals surface area contributed by atoms with Crippen molar-refractivity contribution in [2.45, 2.75) is 6.54 Å². The van der Waals surface area contributed by atoms with Gasteiger partial charge in [-0.15, -0.1) is 0 Å². The Morgan fingerprint density at radius 1 is 1.18 bits per heavy atom. The van der Waals surface area contributed by atoms with E-state index in [0.717, 1.165) is 9.13 Å². The molecule has 0 saturated heterocycles. The van der Waals surface area contributed by atoms with Gasteiger partial charge in [0, 0.05) is 17.2 Å². The van der Waals surface area contributed by atoms with Crippen molar-refractivity contribution >= 4 is 28.5 Å². The summed E-state index contributed by atoms with van der Waals surface area (Å²) in [5.41, 5.74) is 1.59. The number of amides is 1. The zero-order valence-corrected chi connectivity index (χ0v) is 14.3. The Hall–Kier alpha value is -2.07. The summed E-state index contributed by atoms with van der Waals surface area (Å²) in [5.74, 6) is 0.587. The minimum Gasteiger partial charge on any atom is -0.484 e.